The molecule has 1 fully saturated rings. The Morgan fingerprint density at radius 1 is 0.810 bits per heavy atom. The van der Waals surface area contributed by atoms with Gasteiger partial charge in [0.25, 0.3) is 18.4 Å². The van der Waals surface area contributed by atoms with Gasteiger partial charge in [-0.15, -0.1) is 0 Å². The summed E-state index contributed by atoms with van der Waals surface area (Å²) in [4.78, 5) is 26.9. The van der Waals surface area contributed by atoms with Crippen LogP contribution >= 0.6 is 0 Å². The quantitative estimate of drug-likeness (QED) is 0.0816. The molecule has 13 nitrogen and oxygen atoms in total. The highest BCUT2D eigenvalue weighted by Crippen LogP contribution is 2.39. The van der Waals surface area contributed by atoms with E-state index in [0.29, 0.717) is 11.1 Å². The van der Waals surface area contributed by atoms with Gasteiger partial charge in [0.1, 0.15) is 25.4 Å². The van der Waals surface area contributed by atoms with Crippen LogP contribution in [-0.2, 0) is 50.9 Å². The third-order valence-corrected chi connectivity index (χ3v) is 15.3. The second-order valence-corrected chi connectivity index (χ2v) is 21.5. The number of nitrogens with one attached hydrogen (secondary N) is 1. The van der Waals surface area contributed by atoms with Crippen molar-refractivity contribution in [3.63, 3.8) is 0 Å². The third kappa shape index (κ3) is 11.7. The van der Waals surface area contributed by atoms with Crippen molar-refractivity contribution in [1.82, 2.24) is 10.4 Å². The number of amides is 2. The number of nitrogens with zero attached hydrogens (tertiary/aromatic N) is 1. The number of benzene rings is 4. The molecule has 0 aromatic heterocycles. The molecule has 1 heterocycles. The van der Waals surface area contributed by atoms with Crippen LogP contribution in [0, 0.1) is 0 Å². The molecule has 0 bridgehead atoms. The number of aliphatic hydroxyl groups is 1. The van der Waals surface area contributed by atoms with Gasteiger partial charge in [0.05, 0.1) is 31.6 Å². The van der Waals surface area contributed by atoms with Crippen LogP contribution in [-0.4, -0.2) is 88.6 Å². The van der Waals surface area contributed by atoms with E-state index >= 15 is 0 Å². The first-order chi connectivity index (χ1) is 27.5. The normalized spacial score (nSPS) is 17.8. The maximum absolute atomic E-state index is 13.7. The molecule has 1 saturated heterocycles. The summed E-state index contributed by atoms with van der Waals surface area (Å²) in [5.41, 5.74) is 3.85. The van der Waals surface area contributed by atoms with Crippen LogP contribution in [0.1, 0.15) is 52.2 Å². The molecule has 0 aliphatic carbocycles. The predicted molar refractivity (Wildman–Crippen MR) is 221 cm³/mol. The molecular formula is C43H54N2O11SSi. The van der Waals surface area contributed by atoms with Crippen molar-refractivity contribution >= 4 is 41.0 Å². The first-order valence-corrected chi connectivity index (χ1v) is 22.8. The van der Waals surface area contributed by atoms with Crippen LogP contribution in [0.3, 0.4) is 0 Å². The van der Waals surface area contributed by atoms with E-state index in [1.54, 1.807) is 62.4 Å². The third-order valence-electron chi connectivity index (χ3n) is 9.67. The molecule has 2 N–H and O–H groups in total. The molecule has 0 radical (unpaired) electrons. The molecule has 0 spiro atoms. The van der Waals surface area contributed by atoms with Gasteiger partial charge in [-0.3, -0.25) is 4.18 Å². The summed E-state index contributed by atoms with van der Waals surface area (Å²) in [6.45, 7) is 8.53. The van der Waals surface area contributed by atoms with Crippen LogP contribution < -0.4 is 15.8 Å². The summed E-state index contributed by atoms with van der Waals surface area (Å²) < 4.78 is 62.5. The Bertz CT molecular complexity index is 1980. The SMILES string of the molecule is CC1(C)O[C@H]([C@@H](CO[Si](c2ccccc2)(c2ccccc2)C(C)(C)C)OS(C)(=O)=O)[C@H](C[C@@H](CO)N(NC(=O)OCc2ccccc2)C(=O)OCc2ccccc2)O1. The number of carbonyl (C=O) groups excluding carboxylic acids is 2. The Morgan fingerprint density at radius 3 is 1.76 bits per heavy atom. The fraction of sp³-hybridized carbons (Fsp3) is 0.395. The molecule has 4 atom stereocenters. The van der Waals surface area contributed by atoms with Crippen LogP contribution in [0.4, 0.5) is 9.59 Å². The van der Waals surface area contributed by atoms with Gasteiger partial charge in [0.2, 0.25) is 0 Å². The summed E-state index contributed by atoms with van der Waals surface area (Å²) in [5, 5.41) is 13.2. The number of rotatable bonds is 16. The maximum atomic E-state index is 13.7. The van der Waals surface area contributed by atoms with Gasteiger partial charge in [-0.1, -0.05) is 142 Å². The van der Waals surface area contributed by atoms with Crippen molar-refractivity contribution in [3.05, 3.63) is 132 Å². The van der Waals surface area contributed by atoms with Crippen molar-refractivity contribution in [2.75, 3.05) is 19.5 Å². The molecule has 0 saturated carbocycles. The molecule has 5 rings (SSSR count). The molecule has 15 heteroatoms. The maximum Gasteiger partial charge on any atom is 0.429 e. The lowest BCUT2D eigenvalue weighted by Gasteiger charge is -2.44. The van der Waals surface area contributed by atoms with Crippen LogP contribution in [0.2, 0.25) is 5.04 Å². The molecule has 2 amide bonds. The van der Waals surface area contributed by atoms with E-state index in [1.165, 1.54) is 0 Å². The Balaban J connectivity index is 1.45. The van der Waals surface area contributed by atoms with Gasteiger partial charge in [0, 0.05) is 6.42 Å². The Morgan fingerprint density at radius 2 is 1.29 bits per heavy atom. The highest BCUT2D eigenvalue weighted by molar-refractivity contribution is 7.86. The number of carbonyl (C=O) groups is 2. The number of hydrazine groups is 1. The van der Waals surface area contributed by atoms with Crippen molar-refractivity contribution < 1.29 is 50.7 Å². The number of hydrogen-bond acceptors (Lipinski definition) is 11. The summed E-state index contributed by atoms with van der Waals surface area (Å²) in [7, 11) is -7.30. The van der Waals surface area contributed by atoms with E-state index in [1.807, 2.05) is 72.8 Å². The highest BCUT2D eigenvalue weighted by Gasteiger charge is 2.53. The molecular weight excluding hydrogens is 781 g/mol. The van der Waals surface area contributed by atoms with E-state index in [2.05, 4.69) is 26.2 Å². The van der Waals surface area contributed by atoms with Gasteiger partial charge < -0.3 is 28.5 Å². The fourth-order valence-corrected chi connectivity index (χ4v) is 12.4. The first-order valence-electron chi connectivity index (χ1n) is 19.1. The molecule has 0 unspecified atom stereocenters. The van der Waals surface area contributed by atoms with Crippen molar-refractivity contribution in [2.45, 2.75) is 89.4 Å². The van der Waals surface area contributed by atoms with Gasteiger partial charge in [-0.25, -0.2) is 20.0 Å². The zero-order valence-electron chi connectivity index (χ0n) is 33.8. The monoisotopic (exact) mass is 834 g/mol. The molecule has 1 aliphatic rings. The number of hydrogen-bond donors (Lipinski definition) is 2. The lowest BCUT2D eigenvalue weighted by molar-refractivity contribution is -0.156. The van der Waals surface area contributed by atoms with Gasteiger partial charge >= 0.3 is 12.2 Å². The lowest BCUT2D eigenvalue weighted by Crippen LogP contribution is -2.67. The summed E-state index contributed by atoms with van der Waals surface area (Å²) >= 11 is 0. The molecule has 58 heavy (non-hydrogen) atoms. The minimum Gasteiger partial charge on any atom is -0.443 e. The molecule has 4 aromatic carbocycles. The molecule has 4 aromatic rings. The van der Waals surface area contributed by atoms with Gasteiger partial charge in [0.15, 0.2) is 5.79 Å². The number of ether oxygens (including phenoxy) is 4. The summed E-state index contributed by atoms with van der Waals surface area (Å²) in [6, 6.07) is 36.5. The minimum atomic E-state index is -4.10. The topological polar surface area (TPSA) is 159 Å². The van der Waals surface area contributed by atoms with E-state index in [0.717, 1.165) is 21.6 Å². The van der Waals surface area contributed by atoms with E-state index in [9.17, 15) is 23.1 Å². The zero-order valence-corrected chi connectivity index (χ0v) is 35.6. The standard InChI is InChI=1S/C43H54N2O11SSi/c1-42(2,3)58(35-23-15-9-16-24-35,36-25-17-10-18-26-36)53-31-38(56-57(6,49)50)39-37(54-43(4,5)55-39)27-34(28-46)45(41(48)52-30-33-21-13-8-14-22-33)44-40(47)51-29-32-19-11-7-12-20-32/h7-26,34,37-39,46H,27-31H2,1-6H3,(H,44,47)/t34-,37-,38+,39-/m0/s1. The highest BCUT2D eigenvalue weighted by atomic mass is 32.2. The van der Waals surface area contributed by atoms with Gasteiger partial charge in [-0.2, -0.15) is 8.42 Å². The minimum absolute atomic E-state index is 0.0882. The van der Waals surface area contributed by atoms with Crippen LogP contribution in [0.25, 0.3) is 0 Å². The first kappa shape index (κ1) is 44.5. The Kier molecular flexibility index (Phi) is 14.9. The fourth-order valence-electron chi connectivity index (χ4n) is 7.19. The summed E-state index contributed by atoms with van der Waals surface area (Å²) in [5.74, 6) is -1.26. The average Bonchev–Trinajstić information content (AvgIpc) is 3.51. The Hall–Kier alpha value is -4.61. The Labute approximate surface area is 342 Å². The molecule has 312 valence electrons. The van der Waals surface area contributed by atoms with E-state index < -0.39 is 72.4 Å². The predicted octanol–water partition coefficient (Wildman–Crippen LogP) is 5.66. The summed E-state index contributed by atoms with van der Waals surface area (Å²) in [6.07, 6.45) is -4.50. The van der Waals surface area contributed by atoms with E-state index in [-0.39, 0.29) is 26.2 Å². The van der Waals surface area contributed by atoms with Gasteiger partial charge in [-0.05, 0) is 40.4 Å². The second kappa shape index (κ2) is 19.4. The second-order valence-electron chi connectivity index (χ2n) is 15.6. The van der Waals surface area contributed by atoms with Crippen molar-refractivity contribution in [1.29, 1.82) is 0 Å². The smallest absolute Gasteiger partial charge is 0.429 e. The van der Waals surface area contributed by atoms with Crippen LogP contribution in [0.5, 0.6) is 0 Å². The van der Waals surface area contributed by atoms with E-state index in [4.69, 9.17) is 27.6 Å². The van der Waals surface area contributed by atoms with Crippen molar-refractivity contribution in [2.24, 2.45) is 0 Å². The number of aliphatic hydroxyl groups excluding tert-OH is 1. The van der Waals surface area contributed by atoms with Crippen LogP contribution in [0.15, 0.2) is 121 Å². The average molecular weight is 835 g/mol. The van der Waals surface area contributed by atoms with Crippen molar-refractivity contribution in [3.8, 4) is 0 Å². The lowest BCUT2D eigenvalue weighted by atomic mass is 10.0. The zero-order chi connectivity index (χ0) is 42.0. The molecule has 1 aliphatic heterocycles. The largest absolute Gasteiger partial charge is 0.443 e.